The predicted octanol–water partition coefficient (Wildman–Crippen LogP) is 7.15. The Hall–Kier alpha value is -4.33. The fraction of sp³-hybridized carbons (Fsp3) is 0.417. The molecule has 2 atom stereocenters. The Morgan fingerprint density at radius 1 is 0.864 bits per heavy atom. The lowest BCUT2D eigenvalue weighted by atomic mass is 9.88. The monoisotopic (exact) mass is 601 g/mol. The van der Waals surface area contributed by atoms with E-state index in [1.807, 2.05) is 83.1 Å². The number of hydrogen-bond donors (Lipinski definition) is 2. The molecule has 3 amide bonds. The summed E-state index contributed by atoms with van der Waals surface area (Å²) in [6.07, 6.45) is 0.0712. The number of benzene rings is 3. The van der Waals surface area contributed by atoms with Crippen LogP contribution in [0.3, 0.4) is 0 Å². The zero-order valence-corrected chi connectivity index (χ0v) is 27.5. The van der Waals surface area contributed by atoms with Gasteiger partial charge in [-0.3, -0.25) is 9.59 Å². The normalized spacial score (nSPS) is 12.9. The number of carbonyl (C=O) groups is 3. The third-order valence-corrected chi connectivity index (χ3v) is 7.83. The quantitative estimate of drug-likeness (QED) is 0.243. The second kappa shape index (κ2) is 14.4. The first kappa shape index (κ1) is 34.2. The lowest BCUT2D eigenvalue weighted by molar-refractivity contribution is -0.147. The number of nitrogens with zero attached hydrogens (tertiary/aromatic N) is 1. The van der Waals surface area contributed by atoms with Crippen molar-refractivity contribution in [3.63, 3.8) is 0 Å². The molecular weight excluding hydrogens is 554 g/mol. The van der Waals surface area contributed by atoms with Gasteiger partial charge in [-0.25, -0.2) is 4.79 Å². The zero-order valence-electron chi connectivity index (χ0n) is 27.5. The smallest absolute Gasteiger partial charge is 0.408 e. The van der Waals surface area contributed by atoms with Gasteiger partial charge in [0.25, 0.3) is 5.91 Å². The van der Waals surface area contributed by atoms with Gasteiger partial charge in [0.15, 0.2) is 0 Å². The minimum atomic E-state index is -1.00. The number of aryl methyl sites for hydroxylation is 1. The van der Waals surface area contributed by atoms with Crippen LogP contribution in [-0.4, -0.2) is 47.1 Å². The zero-order chi connectivity index (χ0) is 32.7. The van der Waals surface area contributed by atoms with Crippen LogP contribution >= 0.6 is 0 Å². The van der Waals surface area contributed by atoms with Crippen molar-refractivity contribution in [2.45, 2.75) is 91.5 Å². The molecule has 3 aromatic carbocycles. The van der Waals surface area contributed by atoms with E-state index in [2.05, 4.69) is 10.6 Å². The van der Waals surface area contributed by atoms with Crippen molar-refractivity contribution in [1.82, 2.24) is 10.2 Å². The first-order chi connectivity index (χ1) is 20.7. The van der Waals surface area contributed by atoms with E-state index in [-0.39, 0.29) is 18.2 Å². The molecule has 0 saturated carbocycles. The molecule has 0 aliphatic heterocycles. The molecule has 0 aromatic heterocycles. The number of methoxy groups -OCH3 is 1. The van der Waals surface area contributed by atoms with E-state index in [9.17, 15) is 14.4 Å². The average Bonchev–Trinajstić information content (AvgIpc) is 2.96. The first-order valence-corrected chi connectivity index (χ1v) is 15.0. The second-order valence-corrected chi connectivity index (χ2v) is 12.7. The van der Waals surface area contributed by atoms with Crippen molar-refractivity contribution in [3.8, 4) is 5.75 Å². The van der Waals surface area contributed by atoms with Gasteiger partial charge in [-0.15, -0.1) is 0 Å². The Bertz CT molecular complexity index is 1430. The van der Waals surface area contributed by atoms with Crippen molar-refractivity contribution < 1.29 is 23.9 Å². The summed E-state index contributed by atoms with van der Waals surface area (Å²) in [7, 11) is 1.58. The Labute approximate surface area is 262 Å². The third-order valence-electron chi connectivity index (χ3n) is 7.83. The summed E-state index contributed by atoms with van der Waals surface area (Å²) in [6.45, 7) is 15.1. The third kappa shape index (κ3) is 8.85. The molecule has 0 radical (unpaired) electrons. The molecule has 236 valence electrons. The number of hydrogen-bond acceptors (Lipinski definition) is 5. The number of ether oxygens (including phenoxy) is 2. The van der Waals surface area contributed by atoms with Crippen LogP contribution in [0.2, 0.25) is 0 Å². The number of anilines is 1. The molecule has 3 rings (SSSR count). The number of amides is 3. The molecule has 0 bridgehead atoms. The number of nitrogens with one attached hydrogen (secondary N) is 2. The van der Waals surface area contributed by atoms with E-state index >= 15 is 0 Å². The summed E-state index contributed by atoms with van der Waals surface area (Å²) in [5.41, 5.74) is 2.52. The molecule has 2 N–H and O–H groups in total. The Balaban J connectivity index is 2.16. The van der Waals surface area contributed by atoms with Gasteiger partial charge >= 0.3 is 6.09 Å². The molecule has 44 heavy (non-hydrogen) atoms. The highest BCUT2D eigenvalue weighted by Gasteiger charge is 2.43. The van der Waals surface area contributed by atoms with Crippen LogP contribution in [0.25, 0.3) is 0 Å². The Morgan fingerprint density at radius 3 is 2.07 bits per heavy atom. The van der Waals surface area contributed by atoms with Gasteiger partial charge in [0, 0.05) is 17.6 Å². The van der Waals surface area contributed by atoms with E-state index in [1.165, 1.54) is 0 Å². The summed E-state index contributed by atoms with van der Waals surface area (Å²) in [5, 5.41) is 5.86. The van der Waals surface area contributed by atoms with Gasteiger partial charge in [-0.05, 0) is 101 Å². The van der Waals surface area contributed by atoms with Crippen molar-refractivity contribution in [1.29, 1.82) is 0 Å². The summed E-state index contributed by atoms with van der Waals surface area (Å²) in [6, 6.07) is 20.3. The molecule has 0 aliphatic carbocycles. The minimum Gasteiger partial charge on any atom is -0.497 e. The molecule has 3 aromatic rings. The van der Waals surface area contributed by atoms with Gasteiger partial charge in [0.1, 0.15) is 23.4 Å². The Morgan fingerprint density at radius 2 is 1.50 bits per heavy atom. The largest absolute Gasteiger partial charge is 0.497 e. The molecule has 0 spiro atoms. The molecule has 8 nitrogen and oxygen atoms in total. The summed E-state index contributed by atoms with van der Waals surface area (Å²) in [4.78, 5) is 44.0. The standard InChI is InChI=1S/C36H47N3O5/c1-10-36(7,8)39(33(41)30(23-26-16-12-11-13-17-26)38-34(42)44-35(4,5)6)31(29-18-14-15-24(2)25(29)3)32(40)37-27-19-21-28(43-9)22-20-27/h11-22,30-31H,10,23H2,1-9H3,(H,37,40)(H,38,42). The van der Waals surface area contributed by atoms with Crippen LogP contribution in [0.15, 0.2) is 72.8 Å². The van der Waals surface area contributed by atoms with E-state index < -0.39 is 29.3 Å². The van der Waals surface area contributed by atoms with Gasteiger partial charge in [-0.2, -0.15) is 0 Å². The van der Waals surface area contributed by atoms with Crippen molar-refractivity contribution in [2.24, 2.45) is 0 Å². The van der Waals surface area contributed by atoms with Crippen LogP contribution in [0.5, 0.6) is 5.75 Å². The van der Waals surface area contributed by atoms with Crippen LogP contribution in [-0.2, 0) is 20.7 Å². The highest BCUT2D eigenvalue weighted by atomic mass is 16.6. The van der Waals surface area contributed by atoms with E-state index in [1.54, 1.807) is 57.0 Å². The van der Waals surface area contributed by atoms with Crippen LogP contribution in [0.1, 0.15) is 76.3 Å². The summed E-state index contributed by atoms with van der Waals surface area (Å²) in [5.74, 6) is -0.0909. The maximum absolute atomic E-state index is 14.9. The van der Waals surface area contributed by atoms with Crippen molar-refractivity contribution in [2.75, 3.05) is 12.4 Å². The Kier molecular flexibility index (Phi) is 11.2. The number of carbonyl (C=O) groups excluding carboxylic acids is 3. The fourth-order valence-corrected chi connectivity index (χ4v) is 4.97. The van der Waals surface area contributed by atoms with E-state index in [0.29, 0.717) is 23.4 Å². The minimum absolute atomic E-state index is 0.217. The highest BCUT2D eigenvalue weighted by Crippen LogP contribution is 2.35. The first-order valence-electron chi connectivity index (χ1n) is 15.0. The topological polar surface area (TPSA) is 97.0 Å². The van der Waals surface area contributed by atoms with Gasteiger partial charge in [0.2, 0.25) is 5.91 Å². The van der Waals surface area contributed by atoms with E-state index in [4.69, 9.17) is 9.47 Å². The van der Waals surface area contributed by atoms with Crippen LogP contribution in [0, 0.1) is 13.8 Å². The molecule has 8 heteroatoms. The van der Waals surface area contributed by atoms with Crippen LogP contribution < -0.4 is 15.4 Å². The predicted molar refractivity (Wildman–Crippen MR) is 175 cm³/mol. The average molecular weight is 602 g/mol. The lowest BCUT2D eigenvalue weighted by Gasteiger charge is -2.45. The van der Waals surface area contributed by atoms with Crippen molar-refractivity contribution >= 4 is 23.6 Å². The number of rotatable bonds is 11. The SMILES string of the molecule is CCC(C)(C)N(C(=O)C(Cc1ccccc1)NC(=O)OC(C)(C)C)C(C(=O)Nc1ccc(OC)cc1)c1cccc(C)c1C. The maximum Gasteiger partial charge on any atom is 0.408 e. The molecule has 0 aliphatic rings. The molecular formula is C36H47N3O5. The van der Waals surface area contributed by atoms with Gasteiger partial charge in [0.05, 0.1) is 7.11 Å². The summed E-state index contributed by atoms with van der Waals surface area (Å²) >= 11 is 0. The van der Waals surface area contributed by atoms with Gasteiger partial charge in [-0.1, -0.05) is 55.5 Å². The lowest BCUT2D eigenvalue weighted by Crippen LogP contribution is -2.59. The van der Waals surface area contributed by atoms with Gasteiger partial charge < -0.3 is 25.0 Å². The van der Waals surface area contributed by atoms with Crippen LogP contribution in [0.4, 0.5) is 10.5 Å². The van der Waals surface area contributed by atoms with Crippen molar-refractivity contribution in [3.05, 3.63) is 95.1 Å². The number of alkyl carbamates (subject to hydrolysis) is 1. The second-order valence-electron chi connectivity index (χ2n) is 12.7. The fourth-order valence-electron chi connectivity index (χ4n) is 4.97. The van der Waals surface area contributed by atoms with E-state index in [0.717, 1.165) is 16.7 Å². The molecule has 0 heterocycles. The maximum atomic E-state index is 14.9. The molecule has 0 saturated heterocycles. The molecule has 2 unspecified atom stereocenters. The highest BCUT2D eigenvalue weighted by molar-refractivity contribution is 5.99. The molecule has 0 fully saturated rings. The summed E-state index contributed by atoms with van der Waals surface area (Å²) < 4.78 is 10.8.